The van der Waals surface area contributed by atoms with Gasteiger partial charge in [-0.15, -0.1) is 0 Å². The monoisotopic (exact) mass is 531 g/mol. The zero-order chi connectivity index (χ0) is 26.1. The van der Waals surface area contributed by atoms with Crippen LogP contribution in [0.3, 0.4) is 0 Å². The van der Waals surface area contributed by atoms with Gasteiger partial charge in [-0.05, 0) is 41.2 Å². The molecule has 0 spiro atoms. The number of aromatic nitrogens is 2. The van der Waals surface area contributed by atoms with Gasteiger partial charge < -0.3 is 26.1 Å². The van der Waals surface area contributed by atoms with E-state index in [4.69, 9.17) is 33.0 Å². The molecule has 1 aromatic heterocycles. The number of carbonyl (C=O) groups is 2. The van der Waals surface area contributed by atoms with Crippen molar-refractivity contribution in [3.05, 3.63) is 58.4 Å². The molecule has 7 N–H and O–H groups in total. The van der Waals surface area contributed by atoms with E-state index >= 15 is 0 Å². The molecule has 36 heavy (non-hydrogen) atoms. The third-order valence-electron chi connectivity index (χ3n) is 5.11. The summed E-state index contributed by atoms with van der Waals surface area (Å²) in [6, 6.07) is 12.2. The topological polar surface area (TPSA) is 181 Å². The summed E-state index contributed by atoms with van der Waals surface area (Å²) < 4.78 is 9.42. The number of hydrogen-bond donors (Lipinski definition) is 4. The number of rotatable bonds is 9. The molecule has 2 aromatic carbocycles. The summed E-state index contributed by atoms with van der Waals surface area (Å²) in [6.45, 7) is 0.424. The molecular weight excluding hydrogens is 506 g/mol. The van der Waals surface area contributed by atoms with Crippen LogP contribution in [0.15, 0.2) is 41.4 Å². The SMILES string of the molecule is COC(=O)OSCc1ccc(CCCCN=C(N)NC(=O)c2nc(Cl)c(N)nc2N)c2ccccc12. The molecule has 0 bridgehead atoms. The molecule has 3 rings (SSSR count). The molecule has 11 nitrogen and oxygen atoms in total. The van der Waals surface area contributed by atoms with Crippen LogP contribution < -0.4 is 22.5 Å². The van der Waals surface area contributed by atoms with Crippen LogP contribution >= 0.6 is 23.6 Å². The zero-order valence-corrected chi connectivity index (χ0v) is 21.1. The Kier molecular flexibility index (Phi) is 9.53. The van der Waals surface area contributed by atoms with Crippen molar-refractivity contribution in [2.75, 3.05) is 25.1 Å². The van der Waals surface area contributed by atoms with Crippen LogP contribution in [0.4, 0.5) is 16.4 Å². The van der Waals surface area contributed by atoms with Crippen molar-refractivity contribution in [2.45, 2.75) is 25.0 Å². The Morgan fingerprint density at radius 2 is 1.75 bits per heavy atom. The second kappa shape index (κ2) is 12.8. The molecule has 0 aliphatic rings. The second-order valence-corrected chi connectivity index (χ2v) is 8.59. The molecule has 0 aliphatic heterocycles. The first-order chi connectivity index (χ1) is 17.3. The van der Waals surface area contributed by atoms with E-state index in [9.17, 15) is 9.59 Å². The lowest BCUT2D eigenvalue weighted by Gasteiger charge is -2.11. The number of nitrogen functional groups attached to an aromatic ring is 2. The maximum Gasteiger partial charge on any atom is 0.520 e. The summed E-state index contributed by atoms with van der Waals surface area (Å²) in [5.41, 5.74) is 19.1. The molecule has 0 aliphatic carbocycles. The van der Waals surface area contributed by atoms with Crippen LogP contribution in [-0.4, -0.2) is 41.6 Å². The molecule has 0 unspecified atom stereocenters. The van der Waals surface area contributed by atoms with E-state index in [0.29, 0.717) is 12.3 Å². The van der Waals surface area contributed by atoms with Gasteiger partial charge in [0.1, 0.15) is 0 Å². The average molecular weight is 532 g/mol. The third kappa shape index (κ3) is 7.12. The highest BCUT2D eigenvalue weighted by Gasteiger charge is 2.16. The quantitative estimate of drug-likeness (QED) is 0.105. The average Bonchev–Trinajstić information content (AvgIpc) is 2.86. The summed E-state index contributed by atoms with van der Waals surface area (Å²) in [5, 5.41) is 4.54. The predicted octanol–water partition coefficient (Wildman–Crippen LogP) is 3.45. The first-order valence-electron chi connectivity index (χ1n) is 10.9. The molecule has 0 radical (unpaired) electrons. The van der Waals surface area contributed by atoms with Crippen molar-refractivity contribution in [3.63, 3.8) is 0 Å². The molecule has 0 atom stereocenters. The third-order valence-corrected chi connectivity index (χ3v) is 6.07. The van der Waals surface area contributed by atoms with Gasteiger partial charge in [0.2, 0.25) is 0 Å². The van der Waals surface area contributed by atoms with E-state index in [0.717, 1.165) is 47.6 Å². The minimum atomic E-state index is -0.726. The van der Waals surface area contributed by atoms with E-state index in [1.807, 2.05) is 24.3 Å². The van der Waals surface area contributed by atoms with Crippen LogP contribution in [0.25, 0.3) is 10.8 Å². The molecule has 0 saturated carbocycles. The van der Waals surface area contributed by atoms with Crippen molar-refractivity contribution < 1.29 is 18.5 Å². The Bertz CT molecular complexity index is 1290. The summed E-state index contributed by atoms with van der Waals surface area (Å²) >= 11 is 6.83. The van der Waals surface area contributed by atoms with E-state index in [1.54, 1.807) is 0 Å². The predicted molar refractivity (Wildman–Crippen MR) is 141 cm³/mol. The lowest BCUT2D eigenvalue weighted by Crippen LogP contribution is -2.38. The number of anilines is 2. The molecule has 13 heteroatoms. The summed E-state index contributed by atoms with van der Waals surface area (Å²) in [4.78, 5) is 35.2. The highest BCUT2D eigenvalue weighted by atomic mass is 35.5. The van der Waals surface area contributed by atoms with Crippen LogP contribution in [0.2, 0.25) is 5.15 Å². The number of aryl methyl sites for hydroxylation is 1. The van der Waals surface area contributed by atoms with Crippen molar-refractivity contribution in [2.24, 2.45) is 10.7 Å². The number of nitrogens with two attached hydrogens (primary N) is 3. The maximum atomic E-state index is 12.3. The van der Waals surface area contributed by atoms with Gasteiger partial charge >= 0.3 is 6.16 Å². The number of guanidine groups is 1. The Balaban J connectivity index is 1.52. The van der Waals surface area contributed by atoms with E-state index < -0.39 is 12.1 Å². The summed E-state index contributed by atoms with van der Waals surface area (Å²) in [7, 11) is 1.27. The smallest absolute Gasteiger partial charge is 0.437 e. The number of benzene rings is 2. The number of methoxy groups -OCH3 is 1. The normalized spacial score (nSPS) is 11.3. The first-order valence-corrected chi connectivity index (χ1v) is 12.2. The van der Waals surface area contributed by atoms with Crippen molar-refractivity contribution in [3.8, 4) is 0 Å². The van der Waals surface area contributed by atoms with Crippen molar-refractivity contribution in [1.29, 1.82) is 0 Å². The fraction of sp³-hybridized carbons (Fsp3) is 0.261. The largest absolute Gasteiger partial charge is 0.520 e. The summed E-state index contributed by atoms with van der Waals surface area (Å²) in [6.07, 6.45) is 1.73. The Morgan fingerprint density at radius 3 is 2.47 bits per heavy atom. The Labute approximate surface area is 217 Å². The molecular formula is C23H26ClN7O4S. The highest BCUT2D eigenvalue weighted by Crippen LogP contribution is 2.27. The van der Waals surface area contributed by atoms with Crippen molar-refractivity contribution >= 4 is 64.1 Å². The Hall–Kier alpha value is -3.77. The van der Waals surface area contributed by atoms with Gasteiger partial charge in [-0.25, -0.2) is 14.8 Å². The van der Waals surface area contributed by atoms with Crippen LogP contribution in [0, 0.1) is 0 Å². The van der Waals surface area contributed by atoms with Gasteiger partial charge in [-0.3, -0.25) is 15.1 Å². The van der Waals surface area contributed by atoms with Gasteiger partial charge in [0.25, 0.3) is 5.91 Å². The molecule has 0 saturated heterocycles. The first kappa shape index (κ1) is 26.8. The van der Waals surface area contributed by atoms with E-state index in [-0.39, 0.29) is 28.4 Å². The number of carbonyl (C=O) groups excluding carboxylic acids is 2. The lowest BCUT2D eigenvalue weighted by atomic mass is 9.97. The van der Waals surface area contributed by atoms with Gasteiger partial charge in [0.15, 0.2) is 28.4 Å². The zero-order valence-electron chi connectivity index (χ0n) is 19.5. The van der Waals surface area contributed by atoms with Gasteiger partial charge in [-0.1, -0.05) is 48.0 Å². The number of hydrogen-bond acceptors (Lipinski definition) is 10. The van der Waals surface area contributed by atoms with E-state index in [1.165, 1.54) is 12.7 Å². The van der Waals surface area contributed by atoms with Gasteiger partial charge in [0, 0.05) is 6.54 Å². The lowest BCUT2D eigenvalue weighted by molar-refractivity contribution is 0.0972. The maximum absolute atomic E-state index is 12.3. The van der Waals surface area contributed by atoms with Crippen LogP contribution in [0.1, 0.15) is 34.5 Å². The number of nitrogens with zero attached hydrogens (tertiary/aromatic N) is 3. The fourth-order valence-electron chi connectivity index (χ4n) is 3.39. The number of aliphatic imine (C=N–C) groups is 1. The van der Waals surface area contributed by atoms with E-state index in [2.05, 4.69) is 37.1 Å². The van der Waals surface area contributed by atoms with Gasteiger partial charge in [-0.2, -0.15) is 0 Å². The highest BCUT2D eigenvalue weighted by molar-refractivity contribution is 7.94. The Morgan fingerprint density at radius 1 is 1.06 bits per heavy atom. The summed E-state index contributed by atoms with van der Waals surface area (Å²) in [5.74, 6) is -0.452. The molecule has 190 valence electrons. The fourth-order valence-corrected chi connectivity index (χ4v) is 4.12. The number of nitrogens with one attached hydrogen (secondary N) is 1. The van der Waals surface area contributed by atoms with Crippen LogP contribution in [-0.2, 0) is 21.1 Å². The second-order valence-electron chi connectivity index (χ2n) is 7.54. The number of fused-ring (bicyclic) bond motifs is 1. The molecule has 1 amide bonds. The molecule has 0 fully saturated rings. The minimum absolute atomic E-state index is 0.0596. The number of halogens is 1. The molecule has 1 heterocycles. The number of ether oxygens (including phenoxy) is 1. The van der Waals surface area contributed by atoms with Crippen LogP contribution in [0.5, 0.6) is 0 Å². The van der Waals surface area contributed by atoms with Crippen molar-refractivity contribution in [1.82, 2.24) is 15.3 Å². The standard InChI is InChI=1S/C23H26ClN7O4S/c1-34-23(33)35-36-12-14-10-9-13(15-7-2-3-8-16(14)15)6-4-5-11-28-22(27)31-21(32)17-19(25)30-20(26)18(24)29-17/h2-3,7-10H,4-6,11-12H2,1H3,(H4,25,26,30)(H3,27,28,31,32). The molecule has 3 aromatic rings. The number of amides is 1. The minimum Gasteiger partial charge on any atom is -0.437 e. The van der Waals surface area contributed by atoms with Gasteiger partial charge in [0.05, 0.1) is 24.9 Å². The number of unbranched alkanes of at least 4 members (excludes halogenated alkanes) is 1.